The van der Waals surface area contributed by atoms with Crippen molar-refractivity contribution >= 4 is 21.8 Å². The van der Waals surface area contributed by atoms with Crippen LogP contribution in [0.15, 0.2) is 22.7 Å². The Bertz CT molecular complexity index is 491. The van der Waals surface area contributed by atoms with Crippen LogP contribution in [-0.4, -0.2) is 24.6 Å². The second-order valence-electron chi connectivity index (χ2n) is 5.66. The summed E-state index contributed by atoms with van der Waals surface area (Å²) in [5.41, 5.74) is 1.06. The Labute approximate surface area is 134 Å². The summed E-state index contributed by atoms with van der Waals surface area (Å²) in [6.07, 6.45) is 2.39. The number of hydrogen-bond donors (Lipinski definition) is 2. The first-order valence-corrected chi connectivity index (χ1v) is 8.32. The van der Waals surface area contributed by atoms with Crippen molar-refractivity contribution in [2.75, 3.05) is 6.54 Å². The van der Waals surface area contributed by atoms with Crippen molar-refractivity contribution in [1.29, 1.82) is 0 Å². The molecule has 1 unspecified atom stereocenters. The van der Waals surface area contributed by atoms with Gasteiger partial charge in [0, 0.05) is 24.7 Å². The van der Waals surface area contributed by atoms with Gasteiger partial charge in [-0.15, -0.1) is 0 Å². The van der Waals surface area contributed by atoms with Crippen molar-refractivity contribution in [2.24, 2.45) is 0 Å². The van der Waals surface area contributed by atoms with Gasteiger partial charge in [-0.05, 0) is 41.3 Å². The van der Waals surface area contributed by atoms with Gasteiger partial charge in [-0.3, -0.25) is 4.79 Å². The summed E-state index contributed by atoms with van der Waals surface area (Å²) in [5.74, 6) is 0.763. The third kappa shape index (κ3) is 4.71. The Hall–Kier alpha value is -1.07. The summed E-state index contributed by atoms with van der Waals surface area (Å²) in [6, 6.07) is 6.37. The highest BCUT2D eigenvalue weighted by Gasteiger charge is 2.24. The van der Waals surface area contributed by atoms with Gasteiger partial charge >= 0.3 is 0 Å². The molecule has 0 bridgehead atoms. The van der Waals surface area contributed by atoms with Crippen LogP contribution in [0.25, 0.3) is 0 Å². The number of halogens is 1. The van der Waals surface area contributed by atoms with Crippen LogP contribution >= 0.6 is 15.9 Å². The Morgan fingerprint density at radius 1 is 1.43 bits per heavy atom. The third-order valence-corrected chi connectivity index (χ3v) is 4.12. The molecule has 0 saturated carbocycles. The number of benzene rings is 1. The molecule has 1 saturated heterocycles. The molecule has 1 heterocycles. The van der Waals surface area contributed by atoms with E-state index in [1.54, 1.807) is 0 Å². The van der Waals surface area contributed by atoms with E-state index in [4.69, 9.17) is 4.74 Å². The van der Waals surface area contributed by atoms with Gasteiger partial charge in [-0.2, -0.15) is 0 Å². The predicted octanol–water partition coefficient (Wildman–Crippen LogP) is 2.99. The van der Waals surface area contributed by atoms with Gasteiger partial charge in [0.15, 0.2) is 6.10 Å². The summed E-state index contributed by atoms with van der Waals surface area (Å²) in [4.78, 5) is 12.0. The lowest BCUT2D eigenvalue weighted by atomic mass is 10.1. The summed E-state index contributed by atoms with van der Waals surface area (Å²) < 4.78 is 6.93. The molecule has 0 spiro atoms. The third-order valence-electron chi connectivity index (χ3n) is 3.49. The molecular formula is C16H23BrN2O2. The number of carbonyl (C=O) groups is 1. The van der Waals surface area contributed by atoms with E-state index < -0.39 is 6.10 Å². The Morgan fingerprint density at radius 2 is 2.24 bits per heavy atom. The first kappa shape index (κ1) is 16.3. The van der Waals surface area contributed by atoms with Gasteiger partial charge in [0.25, 0.3) is 5.91 Å². The lowest BCUT2D eigenvalue weighted by Gasteiger charge is -2.20. The number of amides is 1. The minimum atomic E-state index is -0.399. The summed E-state index contributed by atoms with van der Waals surface area (Å²) >= 11 is 3.54. The molecular weight excluding hydrogens is 332 g/mol. The van der Waals surface area contributed by atoms with E-state index in [2.05, 4.69) is 40.4 Å². The molecule has 1 fully saturated rings. The Balaban J connectivity index is 2.15. The minimum absolute atomic E-state index is 0.00831. The molecule has 2 rings (SSSR count). The summed E-state index contributed by atoms with van der Waals surface area (Å²) in [5, 5.41) is 6.30. The van der Waals surface area contributed by atoms with Gasteiger partial charge < -0.3 is 15.4 Å². The maximum atomic E-state index is 12.0. The molecule has 4 nitrogen and oxygen atoms in total. The molecule has 1 atom stereocenters. The van der Waals surface area contributed by atoms with Crippen molar-refractivity contribution in [3.63, 3.8) is 0 Å². The van der Waals surface area contributed by atoms with E-state index in [1.165, 1.54) is 0 Å². The number of nitrogens with one attached hydrogen (secondary N) is 2. The second kappa shape index (κ2) is 7.80. The molecule has 0 radical (unpaired) electrons. The number of hydrogen-bond acceptors (Lipinski definition) is 3. The Kier molecular flexibility index (Phi) is 6.06. The zero-order valence-corrected chi connectivity index (χ0v) is 14.2. The fourth-order valence-electron chi connectivity index (χ4n) is 2.30. The molecule has 5 heteroatoms. The zero-order chi connectivity index (χ0) is 15.2. The fourth-order valence-corrected chi connectivity index (χ4v) is 2.81. The van der Waals surface area contributed by atoms with Crippen LogP contribution in [0.1, 0.15) is 38.7 Å². The van der Waals surface area contributed by atoms with Crippen LogP contribution in [0.4, 0.5) is 0 Å². The van der Waals surface area contributed by atoms with E-state index in [0.29, 0.717) is 6.04 Å². The zero-order valence-electron chi connectivity index (χ0n) is 12.6. The van der Waals surface area contributed by atoms with Gasteiger partial charge in [0.1, 0.15) is 5.75 Å². The standard InChI is InChI=1S/C16H23BrN2O2/c1-11(2)19-10-12-6-5-7-13(17)15(12)21-14-8-3-4-9-18-16(14)20/h5-7,11,14,19H,3-4,8-10H2,1-2H3,(H,18,20). The highest BCUT2D eigenvalue weighted by atomic mass is 79.9. The number of rotatable bonds is 5. The Morgan fingerprint density at radius 3 is 3.00 bits per heavy atom. The van der Waals surface area contributed by atoms with E-state index in [1.807, 2.05) is 18.2 Å². The maximum Gasteiger partial charge on any atom is 0.261 e. The molecule has 0 aromatic heterocycles. The SMILES string of the molecule is CC(C)NCc1cccc(Br)c1OC1CCCCNC1=O. The van der Waals surface area contributed by atoms with Crippen molar-refractivity contribution in [3.8, 4) is 5.75 Å². The van der Waals surface area contributed by atoms with Crippen LogP contribution in [0.5, 0.6) is 5.75 Å². The van der Waals surface area contributed by atoms with E-state index in [-0.39, 0.29) is 5.91 Å². The van der Waals surface area contributed by atoms with E-state index in [9.17, 15) is 4.79 Å². The van der Waals surface area contributed by atoms with Crippen LogP contribution in [0.2, 0.25) is 0 Å². The average molecular weight is 355 g/mol. The molecule has 1 amide bonds. The monoisotopic (exact) mass is 354 g/mol. The van der Waals surface area contributed by atoms with Gasteiger partial charge in [-0.25, -0.2) is 0 Å². The van der Waals surface area contributed by atoms with Gasteiger partial charge in [0.05, 0.1) is 4.47 Å². The first-order valence-electron chi connectivity index (χ1n) is 7.53. The van der Waals surface area contributed by atoms with Crippen LogP contribution in [-0.2, 0) is 11.3 Å². The number of para-hydroxylation sites is 1. The highest BCUT2D eigenvalue weighted by molar-refractivity contribution is 9.10. The molecule has 0 aliphatic carbocycles. The van der Waals surface area contributed by atoms with E-state index >= 15 is 0 Å². The average Bonchev–Trinajstić information content (AvgIpc) is 2.64. The predicted molar refractivity (Wildman–Crippen MR) is 87.4 cm³/mol. The second-order valence-corrected chi connectivity index (χ2v) is 6.51. The molecule has 1 aliphatic heterocycles. The smallest absolute Gasteiger partial charge is 0.261 e. The number of carbonyl (C=O) groups excluding carboxylic acids is 1. The largest absolute Gasteiger partial charge is 0.479 e. The highest BCUT2D eigenvalue weighted by Crippen LogP contribution is 2.31. The normalized spacial score (nSPS) is 19.2. The van der Waals surface area contributed by atoms with Gasteiger partial charge in [0.2, 0.25) is 0 Å². The topological polar surface area (TPSA) is 50.4 Å². The van der Waals surface area contributed by atoms with Crippen LogP contribution in [0, 0.1) is 0 Å². The summed E-state index contributed by atoms with van der Waals surface area (Å²) in [6.45, 7) is 5.69. The fraction of sp³-hybridized carbons (Fsp3) is 0.562. The quantitative estimate of drug-likeness (QED) is 0.854. The van der Waals surface area contributed by atoms with E-state index in [0.717, 1.165) is 48.1 Å². The molecule has 1 aliphatic rings. The van der Waals surface area contributed by atoms with Gasteiger partial charge in [-0.1, -0.05) is 26.0 Å². The van der Waals surface area contributed by atoms with Crippen LogP contribution < -0.4 is 15.4 Å². The summed E-state index contributed by atoms with van der Waals surface area (Å²) in [7, 11) is 0. The van der Waals surface area contributed by atoms with Crippen molar-refractivity contribution < 1.29 is 9.53 Å². The van der Waals surface area contributed by atoms with Crippen molar-refractivity contribution in [3.05, 3.63) is 28.2 Å². The lowest BCUT2D eigenvalue weighted by Crippen LogP contribution is -2.37. The lowest BCUT2D eigenvalue weighted by molar-refractivity contribution is -0.127. The van der Waals surface area contributed by atoms with Crippen LogP contribution in [0.3, 0.4) is 0 Å². The number of ether oxygens (including phenoxy) is 1. The minimum Gasteiger partial charge on any atom is -0.479 e. The molecule has 1 aromatic carbocycles. The molecule has 21 heavy (non-hydrogen) atoms. The first-order chi connectivity index (χ1) is 10.1. The maximum absolute atomic E-state index is 12.0. The molecule has 1 aromatic rings. The molecule has 116 valence electrons. The van der Waals surface area contributed by atoms with Crippen molar-refractivity contribution in [2.45, 2.75) is 51.8 Å². The molecule has 2 N–H and O–H groups in total. The van der Waals surface area contributed by atoms with Crippen molar-refractivity contribution in [1.82, 2.24) is 10.6 Å².